The van der Waals surface area contributed by atoms with E-state index in [9.17, 15) is 0 Å². The van der Waals surface area contributed by atoms with Crippen LogP contribution in [0.15, 0.2) is 22.7 Å². The Morgan fingerprint density at radius 2 is 2.12 bits per heavy atom. The van der Waals surface area contributed by atoms with Crippen LogP contribution in [-0.4, -0.2) is 6.61 Å². The fraction of sp³-hybridized carbons (Fsp3) is 0.538. The van der Waals surface area contributed by atoms with E-state index in [-0.39, 0.29) is 6.04 Å². The molecule has 0 saturated heterocycles. The van der Waals surface area contributed by atoms with Crippen molar-refractivity contribution in [3.8, 4) is 5.75 Å². The van der Waals surface area contributed by atoms with Crippen molar-refractivity contribution in [2.75, 3.05) is 6.61 Å². The summed E-state index contributed by atoms with van der Waals surface area (Å²) in [7, 11) is 0. The van der Waals surface area contributed by atoms with Crippen molar-refractivity contribution in [3.63, 3.8) is 0 Å². The van der Waals surface area contributed by atoms with Crippen LogP contribution in [0.3, 0.4) is 0 Å². The zero-order chi connectivity index (χ0) is 12.0. The number of benzene rings is 1. The molecule has 0 fully saturated rings. The number of halogens is 1. The minimum Gasteiger partial charge on any atom is -0.493 e. The van der Waals surface area contributed by atoms with Gasteiger partial charge in [0.05, 0.1) is 6.61 Å². The Morgan fingerprint density at radius 1 is 1.38 bits per heavy atom. The number of unbranched alkanes of at least 4 members (excludes halogenated alkanes) is 2. The van der Waals surface area contributed by atoms with Crippen molar-refractivity contribution in [1.29, 1.82) is 0 Å². The standard InChI is InChI=1S/C13H20BrNO/c1-3-4-5-8-16-13-9-11(14)6-7-12(13)10(2)15/h6-7,9-10H,3-5,8,15H2,1-2H3. The molecule has 1 atom stereocenters. The first-order valence-electron chi connectivity index (χ1n) is 5.83. The first-order valence-corrected chi connectivity index (χ1v) is 6.62. The van der Waals surface area contributed by atoms with Gasteiger partial charge in [-0.15, -0.1) is 0 Å². The molecule has 0 spiro atoms. The highest BCUT2D eigenvalue weighted by molar-refractivity contribution is 9.10. The molecule has 1 unspecified atom stereocenters. The van der Waals surface area contributed by atoms with Crippen molar-refractivity contribution in [3.05, 3.63) is 28.2 Å². The lowest BCUT2D eigenvalue weighted by atomic mass is 10.1. The van der Waals surface area contributed by atoms with E-state index in [0.29, 0.717) is 0 Å². The van der Waals surface area contributed by atoms with E-state index in [1.165, 1.54) is 12.8 Å². The monoisotopic (exact) mass is 285 g/mol. The van der Waals surface area contributed by atoms with Gasteiger partial charge in [0.2, 0.25) is 0 Å². The molecule has 1 aromatic carbocycles. The van der Waals surface area contributed by atoms with E-state index in [1.807, 2.05) is 25.1 Å². The predicted molar refractivity (Wildman–Crippen MR) is 71.8 cm³/mol. The Balaban J connectivity index is 2.65. The van der Waals surface area contributed by atoms with Crippen LogP contribution in [0.1, 0.15) is 44.7 Å². The fourth-order valence-corrected chi connectivity index (χ4v) is 1.88. The van der Waals surface area contributed by atoms with Gasteiger partial charge in [0.25, 0.3) is 0 Å². The maximum absolute atomic E-state index is 5.90. The highest BCUT2D eigenvalue weighted by Crippen LogP contribution is 2.27. The van der Waals surface area contributed by atoms with Crippen molar-refractivity contribution in [2.45, 2.75) is 39.2 Å². The molecular formula is C13H20BrNO. The summed E-state index contributed by atoms with van der Waals surface area (Å²) in [6.45, 7) is 4.93. The molecule has 0 amide bonds. The lowest BCUT2D eigenvalue weighted by Crippen LogP contribution is -2.08. The first kappa shape index (κ1) is 13.5. The second-order valence-corrected chi connectivity index (χ2v) is 4.94. The third kappa shape index (κ3) is 4.14. The molecule has 2 N–H and O–H groups in total. The third-order valence-corrected chi connectivity index (χ3v) is 2.96. The fourth-order valence-electron chi connectivity index (χ4n) is 1.54. The maximum atomic E-state index is 5.90. The molecule has 0 aliphatic rings. The van der Waals surface area contributed by atoms with Gasteiger partial charge in [0, 0.05) is 16.1 Å². The van der Waals surface area contributed by atoms with Crippen LogP contribution in [0.25, 0.3) is 0 Å². The Labute approximate surface area is 106 Å². The highest BCUT2D eigenvalue weighted by atomic mass is 79.9. The average molecular weight is 286 g/mol. The van der Waals surface area contributed by atoms with E-state index in [1.54, 1.807) is 0 Å². The van der Waals surface area contributed by atoms with Crippen molar-refractivity contribution >= 4 is 15.9 Å². The molecule has 0 heterocycles. The van der Waals surface area contributed by atoms with Gasteiger partial charge in [-0.1, -0.05) is 41.8 Å². The molecule has 0 bridgehead atoms. The minimum absolute atomic E-state index is 0.00859. The van der Waals surface area contributed by atoms with E-state index >= 15 is 0 Å². The molecule has 0 saturated carbocycles. The number of nitrogens with two attached hydrogens (primary N) is 1. The molecule has 90 valence electrons. The minimum atomic E-state index is 0.00859. The van der Waals surface area contributed by atoms with E-state index in [2.05, 4.69) is 22.9 Å². The van der Waals surface area contributed by atoms with Crippen LogP contribution >= 0.6 is 15.9 Å². The summed E-state index contributed by atoms with van der Waals surface area (Å²) in [6.07, 6.45) is 3.52. The highest BCUT2D eigenvalue weighted by Gasteiger charge is 2.08. The van der Waals surface area contributed by atoms with Crippen LogP contribution in [-0.2, 0) is 0 Å². The van der Waals surface area contributed by atoms with Gasteiger partial charge < -0.3 is 10.5 Å². The lowest BCUT2D eigenvalue weighted by molar-refractivity contribution is 0.302. The van der Waals surface area contributed by atoms with E-state index in [4.69, 9.17) is 10.5 Å². The smallest absolute Gasteiger partial charge is 0.125 e. The summed E-state index contributed by atoms with van der Waals surface area (Å²) < 4.78 is 6.80. The summed E-state index contributed by atoms with van der Waals surface area (Å²) in [6, 6.07) is 6.01. The Bertz CT molecular complexity index is 326. The Kier molecular flexibility index (Phi) is 5.85. The maximum Gasteiger partial charge on any atom is 0.125 e. The number of hydrogen-bond acceptors (Lipinski definition) is 2. The number of ether oxygens (including phenoxy) is 1. The zero-order valence-electron chi connectivity index (χ0n) is 10.0. The van der Waals surface area contributed by atoms with Gasteiger partial charge in [-0.2, -0.15) is 0 Å². The summed E-state index contributed by atoms with van der Waals surface area (Å²) in [5.74, 6) is 0.903. The third-order valence-electron chi connectivity index (χ3n) is 2.47. The quantitative estimate of drug-likeness (QED) is 0.801. The van der Waals surface area contributed by atoms with Crippen molar-refractivity contribution < 1.29 is 4.74 Å². The predicted octanol–water partition coefficient (Wildman–Crippen LogP) is 4.04. The molecule has 16 heavy (non-hydrogen) atoms. The summed E-state index contributed by atoms with van der Waals surface area (Å²) >= 11 is 3.45. The van der Waals surface area contributed by atoms with Crippen LogP contribution in [0.4, 0.5) is 0 Å². The molecule has 1 aromatic rings. The van der Waals surface area contributed by atoms with Crippen molar-refractivity contribution in [1.82, 2.24) is 0 Å². The summed E-state index contributed by atoms with van der Waals surface area (Å²) in [5, 5.41) is 0. The van der Waals surface area contributed by atoms with E-state index < -0.39 is 0 Å². The first-order chi connectivity index (χ1) is 7.65. The van der Waals surface area contributed by atoms with Crippen LogP contribution in [0, 0.1) is 0 Å². The summed E-state index contributed by atoms with van der Waals surface area (Å²) in [5.41, 5.74) is 6.97. The van der Waals surface area contributed by atoms with Gasteiger partial charge in [0.1, 0.15) is 5.75 Å². The van der Waals surface area contributed by atoms with Crippen LogP contribution < -0.4 is 10.5 Å². The van der Waals surface area contributed by atoms with Gasteiger partial charge in [-0.25, -0.2) is 0 Å². The molecule has 0 aromatic heterocycles. The van der Waals surface area contributed by atoms with Gasteiger partial charge in [-0.05, 0) is 25.5 Å². The van der Waals surface area contributed by atoms with E-state index in [0.717, 1.165) is 28.8 Å². The molecule has 0 aliphatic heterocycles. The second-order valence-electron chi connectivity index (χ2n) is 4.03. The van der Waals surface area contributed by atoms with Gasteiger partial charge in [0.15, 0.2) is 0 Å². The molecule has 3 heteroatoms. The SMILES string of the molecule is CCCCCOc1cc(Br)ccc1C(C)N. The van der Waals surface area contributed by atoms with Gasteiger partial charge in [-0.3, -0.25) is 0 Å². The average Bonchev–Trinajstić information content (AvgIpc) is 2.24. The molecule has 0 radical (unpaired) electrons. The summed E-state index contributed by atoms with van der Waals surface area (Å²) in [4.78, 5) is 0. The van der Waals surface area contributed by atoms with Crippen LogP contribution in [0.2, 0.25) is 0 Å². The van der Waals surface area contributed by atoms with Crippen molar-refractivity contribution in [2.24, 2.45) is 5.73 Å². The topological polar surface area (TPSA) is 35.2 Å². The molecule has 0 aliphatic carbocycles. The molecule has 1 rings (SSSR count). The molecular weight excluding hydrogens is 266 g/mol. The normalized spacial score (nSPS) is 12.5. The van der Waals surface area contributed by atoms with Crippen LogP contribution in [0.5, 0.6) is 5.75 Å². The largest absolute Gasteiger partial charge is 0.493 e. The Morgan fingerprint density at radius 3 is 2.75 bits per heavy atom. The second kappa shape index (κ2) is 6.92. The lowest BCUT2D eigenvalue weighted by Gasteiger charge is -2.14. The molecule has 2 nitrogen and oxygen atoms in total. The van der Waals surface area contributed by atoms with Gasteiger partial charge >= 0.3 is 0 Å². The zero-order valence-corrected chi connectivity index (χ0v) is 11.6. The number of hydrogen-bond donors (Lipinski definition) is 1. The Hall–Kier alpha value is -0.540. The number of rotatable bonds is 6.